The average Bonchev–Trinajstić information content (AvgIpc) is 2.78. The first kappa shape index (κ1) is 22.9. The lowest BCUT2D eigenvalue weighted by atomic mass is 9.95. The minimum Gasteiger partial charge on any atom is -0.497 e. The Hall–Kier alpha value is -2.81. The van der Waals surface area contributed by atoms with Crippen LogP contribution >= 0.6 is 11.8 Å². The SMILES string of the molecule is COc1ccc(NC(=O)CSc2ccc(N3CCC(C(=O)NC(C)C)CC3)nn2)cc1. The van der Waals surface area contributed by atoms with Gasteiger partial charge >= 0.3 is 0 Å². The van der Waals surface area contributed by atoms with Crippen molar-refractivity contribution in [2.24, 2.45) is 5.92 Å². The quantitative estimate of drug-likeness (QED) is 0.606. The van der Waals surface area contributed by atoms with Crippen molar-refractivity contribution in [3.8, 4) is 5.75 Å². The number of piperidine rings is 1. The standard InChI is InChI=1S/C22H29N5O3S/c1-15(2)23-22(29)16-10-12-27(13-11-16)19-8-9-21(26-25-19)31-14-20(28)24-17-4-6-18(30-3)7-5-17/h4-9,15-16H,10-14H2,1-3H3,(H,23,29)(H,24,28). The molecule has 8 nitrogen and oxygen atoms in total. The Morgan fingerprint density at radius 3 is 2.42 bits per heavy atom. The van der Waals surface area contributed by atoms with Gasteiger partial charge in [0, 0.05) is 30.7 Å². The molecular weight excluding hydrogens is 414 g/mol. The number of anilines is 2. The van der Waals surface area contributed by atoms with Crippen LogP contribution in [-0.4, -0.2) is 54.0 Å². The number of aromatic nitrogens is 2. The van der Waals surface area contributed by atoms with Gasteiger partial charge in [0.15, 0.2) is 5.82 Å². The highest BCUT2D eigenvalue weighted by Gasteiger charge is 2.26. The van der Waals surface area contributed by atoms with Gasteiger partial charge in [-0.05, 0) is 63.1 Å². The van der Waals surface area contributed by atoms with Gasteiger partial charge in [0.05, 0.1) is 12.9 Å². The number of carbonyl (C=O) groups excluding carboxylic acids is 2. The molecule has 2 N–H and O–H groups in total. The van der Waals surface area contributed by atoms with E-state index in [1.54, 1.807) is 31.4 Å². The Morgan fingerprint density at radius 2 is 1.84 bits per heavy atom. The monoisotopic (exact) mass is 443 g/mol. The van der Waals surface area contributed by atoms with E-state index in [0.29, 0.717) is 5.03 Å². The number of carbonyl (C=O) groups is 2. The second-order valence-electron chi connectivity index (χ2n) is 7.72. The van der Waals surface area contributed by atoms with Crippen LogP contribution in [-0.2, 0) is 9.59 Å². The number of nitrogens with zero attached hydrogens (tertiary/aromatic N) is 3. The maximum Gasteiger partial charge on any atom is 0.234 e. The topological polar surface area (TPSA) is 96.5 Å². The van der Waals surface area contributed by atoms with Gasteiger partial charge in [-0.2, -0.15) is 0 Å². The van der Waals surface area contributed by atoms with Crippen LogP contribution in [0.2, 0.25) is 0 Å². The van der Waals surface area contributed by atoms with Crippen molar-refractivity contribution in [3.05, 3.63) is 36.4 Å². The summed E-state index contributed by atoms with van der Waals surface area (Å²) >= 11 is 1.34. The fourth-order valence-electron chi connectivity index (χ4n) is 3.34. The maximum atomic E-state index is 12.2. The van der Waals surface area contributed by atoms with E-state index >= 15 is 0 Å². The molecule has 1 aliphatic rings. The smallest absolute Gasteiger partial charge is 0.234 e. The van der Waals surface area contributed by atoms with Crippen LogP contribution in [0.4, 0.5) is 11.5 Å². The fourth-order valence-corrected chi connectivity index (χ4v) is 3.96. The zero-order valence-corrected chi connectivity index (χ0v) is 18.9. The largest absolute Gasteiger partial charge is 0.497 e. The molecule has 0 spiro atoms. The van der Waals surface area contributed by atoms with Gasteiger partial charge in [-0.25, -0.2) is 0 Å². The highest BCUT2D eigenvalue weighted by molar-refractivity contribution is 7.99. The Bertz CT molecular complexity index is 866. The molecular formula is C22H29N5O3S. The minimum atomic E-state index is -0.109. The third kappa shape index (κ3) is 6.85. The highest BCUT2D eigenvalue weighted by atomic mass is 32.2. The molecule has 1 fully saturated rings. The van der Waals surface area contributed by atoms with Gasteiger partial charge in [0.1, 0.15) is 10.8 Å². The molecule has 1 aromatic carbocycles. The summed E-state index contributed by atoms with van der Waals surface area (Å²) in [6.45, 7) is 5.51. The number of ether oxygens (including phenoxy) is 1. The number of methoxy groups -OCH3 is 1. The van der Waals surface area contributed by atoms with Crippen molar-refractivity contribution in [3.63, 3.8) is 0 Å². The van der Waals surface area contributed by atoms with Crippen LogP contribution in [0.15, 0.2) is 41.4 Å². The van der Waals surface area contributed by atoms with E-state index < -0.39 is 0 Å². The second kappa shape index (κ2) is 11.0. The molecule has 0 atom stereocenters. The number of benzene rings is 1. The molecule has 2 aromatic rings. The van der Waals surface area contributed by atoms with Crippen LogP contribution in [0.25, 0.3) is 0 Å². The van der Waals surface area contributed by atoms with E-state index in [9.17, 15) is 9.59 Å². The molecule has 1 saturated heterocycles. The summed E-state index contributed by atoms with van der Waals surface area (Å²) < 4.78 is 5.11. The maximum absolute atomic E-state index is 12.2. The van der Waals surface area contributed by atoms with E-state index in [2.05, 4.69) is 25.7 Å². The molecule has 9 heteroatoms. The van der Waals surface area contributed by atoms with Crippen molar-refractivity contribution in [2.75, 3.05) is 36.2 Å². The van der Waals surface area contributed by atoms with Crippen LogP contribution < -0.4 is 20.3 Å². The van der Waals surface area contributed by atoms with Crippen LogP contribution in [0.5, 0.6) is 5.75 Å². The molecule has 0 aliphatic carbocycles. The van der Waals surface area contributed by atoms with Crippen LogP contribution in [0.1, 0.15) is 26.7 Å². The third-order valence-electron chi connectivity index (χ3n) is 4.97. The lowest BCUT2D eigenvalue weighted by Crippen LogP contribution is -2.42. The van der Waals surface area contributed by atoms with Crippen molar-refractivity contribution >= 4 is 35.1 Å². The van der Waals surface area contributed by atoms with Crippen molar-refractivity contribution in [2.45, 2.75) is 37.8 Å². The molecule has 1 aromatic heterocycles. The molecule has 31 heavy (non-hydrogen) atoms. The van der Waals surface area contributed by atoms with E-state index in [1.807, 2.05) is 26.0 Å². The van der Waals surface area contributed by atoms with Crippen molar-refractivity contribution in [1.82, 2.24) is 15.5 Å². The number of hydrogen-bond acceptors (Lipinski definition) is 7. The van der Waals surface area contributed by atoms with Gasteiger partial charge < -0.3 is 20.3 Å². The third-order valence-corrected chi connectivity index (χ3v) is 5.89. The minimum absolute atomic E-state index is 0.0608. The summed E-state index contributed by atoms with van der Waals surface area (Å²) in [4.78, 5) is 26.5. The lowest BCUT2D eigenvalue weighted by molar-refractivity contribution is -0.126. The zero-order chi connectivity index (χ0) is 22.2. The predicted octanol–water partition coefficient (Wildman–Crippen LogP) is 2.96. The number of thioether (sulfide) groups is 1. The van der Waals surface area contributed by atoms with E-state index in [-0.39, 0.29) is 29.5 Å². The molecule has 166 valence electrons. The van der Waals surface area contributed by atoms with Gasteiger partial charge in [-0.15, -0.1) is 10.2 Å². The Morgan fingerprint density at radius 1 is 1.13 bits per heavy atom. The molecule has 2 heterocycles. The van der Waals surface area contributed by atoms with E-state index in [4.69, 9.17) is 4.74 Å². The van der Waals surface area contributed by atoms with Crippen molar-refractivity contribution in [1.29, 1.82) is 0 Å². The number of amides is 2. The fraction of sp³-hybridized carbons (Fsp3) is 0.455. The summed E-state index contributed by atoms with van der Waals surface area (Å²) in [7, 11) is 1.60. The van der Waals surface area contributed by atoms with Gasteiger partial charge in [0.25, 0.3) is 0 Å². The summed E-state index contributed by atoms with van der Waals surface area (Å²) in [5.41, 5.74) is 0.721. The molecule has 0 radical (unpaired) electrons. The Labute approximate surface area is 187 Å². The molecule has 0 saturated carbocycles. The summed E-state index contributed by atoms with van der Waals surface area (Å²) in [6.07, 6.45) is 1.62. The normalized spacial score (nSPS) is 14.4. The Balaban J connectivity index is 1.44. The first-order valence-electron chi connectivity index (χ1n) is 10.4. The van der Waals surface area contributed by atoms with E-state index in [0.717, 1.165) is 43.2 Å². The second-order valence-corrected chi connectivity index (χ2v) is 8.72. The number of nitrogens with one attached hydrogen (secondary N) is 2. The summed E-state index contributed by atoms with van der Waals surface area (Å²) in [5, 5.41) is 15.1. The van der Waals surface area contributed by atoms with Crippen molar-refractivity contribution < 1.29 is 14.3 Å². The van der Waals surface area contributed by atoms with Crippen LogP contribution in [0.3, 0.4) is 0 Å². The van der Waals surface area contributed by atoms with Crippen LogP contribution in [0, 0.1) is 5.92 Å². The van der Waals surface area contributed by atoms with Gasteiger partial charge in [0.2, 0.25) is 11.8 Å². The summed E-state index contributed by atoms with van der Waals surface area (Å²) in [6, 6.07) is 11.2. The van der Waals surface area contributed by atoms with Gasteiger partial charge in [-0.3, -0.25) is 9.59 Å². The Kier molecular flexibility index (Phi) is 8.11. The average molecular weight is 444 g/mol. The first-order valence-corrected chi connectivity index (χ1v) is 11.4. The van der Waals surface area contributed by atoms with E-state index in [1.165, 1.54) is 11.8 Å². The first-order chi connectivity index (χ1) is 14.9. The zero-order valence-electron chi connectivity index (χ0n) is 18.1. The molecule has 3 rings (SSSR count). The molecule has 0 bridgehead atoms. The predicted molar refractivity (Wildman–Crippen MR) is 123 cm³/mol. The molecule has 1 aliphatic heterocycles. The highest BCUT2D eigenvalue weighted by Crippen LogP contribution is 2.23. The van der Waals surface area contributed by atoms with Gasteiger partial charge in [-0.1, -0.05) is 11.8 Å². The summed E-state index contributed by atoms with van der Waals surface area (Å²) in [5.74, 6) is 1.88. The molecule has 0 unspecified atom stereocenters. The molecule has 2 amide bonds. The number of rotatable bonds is 8. The lowest BCUT2D eigenvalue weighted by Gasteiger charge is -2.32. The number of hydrogen-bond donors (Lipinski definition) is 2.